The average Bonchev–Trinajstić information content (AvgIpc) is 3.33. The van der Waals surface area contributed by atoms with Gasteiger partial charge in [-0.25, -0.2) is 0 Å². The summed E-state index contributed by atoms with van der Waals surface area (Å²) in [6.45, 7) is 1.92. The van der Waals surface area contributed by atoms with E-state index in [2.05, 4.69) is 15.2 Å². The monoisotopic (exact) mass is 567 g/mol. The van der Waals surface area contributed by atoms with Crippen molar-refractivity contribution < 1.29 is 14.6 Å². The Kier molecular flexibility index (Phi) is 6.66. The quantitative estimate of drug-likeness (QED) is 0.155. The highest BCUT2D eigenvalue weighted by atomic mass is 35.5. The lowest BCUT2D eigenvalue weighted by molar-refractivity contribution is 0.0990. The van der Waals surface area contributed by atoms with E-state index in [9.17, 15) is 9.90 Å². The number of para-hydroxylation sites is 1. The molecule has 198 valence electrons. The lowest BCUT2D eigenvalue weighted by Gasteiger charge is -2.12. The van der Waals surface area contributed by atoms with Crippen LogP contribution in [-0.4, -0.2) is 23.0 Å². The molecule has 0 aliphatic rings. The number of aromatic nitrogens is 1. The number of methoxy groups -OCH3 is 1. The molecule has 8 heteroatoms. The van der Waals surface area contributed by atoms with E-state index in [1.54, 1.807) is 31.4 Å². The van der Waals surface area contributed by atoms with Crippen LogP contribution in [0.4, 0.5) is 11.4 Å². The van der Waals surface area contributed by atoms with Gasteiger partial charge in [-0.05, 0) is 65.9 Å². The molecule has 0 aliphatic carbocycles. The Balaban J connectivity index is 1.56. The molecule has 2 N–H and O–H groups in total. The van der Waals surface area contributed by atoms with Gasteiger partial charge in [0.2, 0.25) is 0 Å². The smallest absolute Gasteiger partial charge is 0.171 e. The van der Waals surface area contributed by atoms with Crippen molar-refractivity contribution in [3.8, 4) is 11.5 Å². The van der Waals surface area contributed by atoms with Gasteiger partial charge in [0.15, 0.2) is 11.5 Å². The predicted molar refractivity (Wildman–Crippen MR) is 161 cm³/mol. The number of hydrogen-bond acceptors (Lipinski definition) is 5. The molecular weight excluding hydrogens is 545 g/mol. The standard InChI is InChI=1S/C32H23Cl2N3O3/c1-17-13-21(40-2)10-7-18(17)15-28(38)24-14-19-8-11-23-22-5-3-4-6-26(22)35-30(23)29(19)31(32(24)39)37-36-27-16-20(33)9-12-25(27)34/h3-14,16,35,39H,15H2,1-2H3. The number of aryl methyl sites for hydroxylation is 1. The number of phenols is 1. The van der Waals surface area contributed by atoms with Gasteiger partial charge in [0.25, 0.3) is 0 Å². The Labute approximate surface area is 239 Å². The molecule has 0 bridgehead atoms. The maximum atomic E-state index is 13.6. The molecule has 6 rings (SSSR count). The Morgan fingerprint density at radius 3 is 2.58 bits per heavy atom. The third kappa shape index (κ3) is 4.55. The summed E-state index contributed by atoms with van der Waals surface area (Å²) in [4.78, 5) is 17.1. The van der Waals surface area contributed by atoms with Gasteiger partial charge in [0.1, 0.15) is 17.1 Å². The summed E-state index contributed by atoms with van der Waals surface area (Å²) >= 11 is 12.5. The predicted octanol–water partition coefficient (Wildman–Crippen LogP) is 9.64. The Morgan fingerprint density at radius 2 is 1.77 bits per heavy atom. The number of carbonyl (C=O) groups is 1. The summed E-state index contributed by atoms with van der Waals surface area (Å²) in [5.41, 5.74) is 4.15. The number of phenolic OH excluding ortho intramolecular Hbond substituents is 1. The van der Waals surface area contributed by atoms with E-state index >= 15 is 0 Å². The fraction of sp³-hybridized carbons (Fsp3) is 0.0938. The topological polar surface area (TPSA) is 87.0 Å². The summed E-state index contributed by atoms with van der Waals surface area (Å²) < 4.78 is 5.29. The third-order valence-electron chi connectivity index (χ3n) is 7.10. The fourth-order valence-corrected chi connectivity index (χ4v) is 5.34. The molecule has 40 heavy (non-hydrogen) atoms. The number of nitrogens with one attached hydrogen (secondary N) is 1. The number of halogens is 2. The van der Waals surface area contributed by atoms with Crippen LogP contribution in [0.15, 0.2) is 89.1 Å². The molecule has 1 aromatic heterocycles. The summed E-state index contributed by atoms with van der Waals surface area (Å²) in [5, 5.41) is 24.5. The molecule has 6 nitrogen and oxygen atoms in total. The van der Waals surface area contributed by atoms with Gasteiger partial charge in [0, 0.05) is 33.1 Å². The molecule has 0 saturated heterocycles. The second-order valence-electron chi connectivity index (χ2n) is 9.57. The SMILES string of the molecule is COc1ccc(CC(=O)c2cc3ccc4c5ccccc5[nH]c4c3c(N=Nc3cc(Cl)ccc3Cl)c2O)c(C)c1. The first-order valence-electron chi connectivity index (χ1n) is 12.6. The van der Waals surface area contributed by atoms with Crippen molar-refractivity contribution in [3.05, 3.63) is 106 Å². The van der Waals surface area contributed by atoms with Crippen molar-refractivity contribution in [1.29, 1.82) is 0 Å². The summed E-state index contributed by atoms with van der Waals surface area (Å²) in [6, 6.07) is 24.0. The molecule has 0 aliphatic heterocycles. The fourth-order valence-electron chi connectivity index (χ4n) is 5.02. The highest BCUT2D eigenvalue weighted by molar-refractivity contribution is 6.35. The second kappa shape index (κ2) is 10.3. The van der Waals surface area contributed by atoms with E-state index in [1.807, 2.05) is 61.5 Å². The average molecular weight is 568 g/mol. The lowest BCUT2D eigenvalue weighted by atomic mass is 9.95. The van der Waals surface area contributed by atoms with Crippen LogP contribution < -0.4 is 4.74 Å². The van der Waals surface area contributed by atoms with Crippen molar-refractivity contribution in [1.82, 2.24) is 4.98 Å². The normalized spacial score (nSPS) is 11.7. The molecule has 5 aromatic carbocycles. The van der Waals surface area contributed by atoms with Gasteiger partial charge in [-0.2, -0.15) is 0 Å². The zero-order valence-electron chi connectivity index (χ0n) is 21.6. The van der Waals surface area contributed by atoms with E-state index in [-0.39, 0.29) is 29.2 Å². The molecule has 6 aromatic rings. The van der Waals surface area contributed by atoms with Crippen molar-refractivity contribution >= 4 is 72.9 Å². The largest absolute Gasteiger partial charge is 0.505 e. The van der Waals surface area contributed by atoms with Crippen LogP contribution in [0.25, 0.3) is 32.6 Å². The Morgan fingerprint density at radius 1 is 0.950 bits per heavy atom. The van der Waals surface area contributed by atoms with Crippen molar-refractivity contribution in [2.24, 2.45) is 10.2 Å². The molecule has 0 saturated carbocycles. The van der Waals surface area contributed by atoms with E-state index in [1.165, 1.54) is 0 Å². The number of fused-ring (bicyclic) bond motifs is 5. The number of H-pyrrole nitrogens is 1. The van der Waals surface area contributed by atoms with Crippen molar-refractivity contribution in [2.75, 3.05) is 7.11 Å². The lowest BCUT2D eigenvalue weighted by Crippen LogP contribution is -2.06. The minimum atomic E-state index is -0.253. The first-order chi connectivity index (χ1) is 19.3. The van der Waals surface area contributed by atoms with Gasteiger partial charge in [-0.1, -0.05) is 59.6 Å². The maximum absolute atomic E-state index is 13.6. The van der Waals surface area contributed by atoms with Crippen LogP contribution >= 0.6 is 23.2 Å². The summed E-state index contributed by atoms with van der Waals surface area (Å²) in [6.07, 6.45) is 0.0975. The van der Waals surface area contributed by atoms with Crippen LogP contribution in [-0.2, 0) is 6.42 Å². The molecule has 1 heterocycles. The molecular formula is C32H23Cl2N3O3. The minimum Gasteiger partial charge on any atom is -0.505 e. The number of azo groups is 1. The number of nitrogens with zero attached hydrogens (tertiary/aromatic N) is 2. The highest BCUT2D eigenvalue weighted by Crippen LogP contribution is 2.44. The van der Waals surface area contributed by atoms with Crippen LogP contribution in [0.3, 0.4) is 0 Å². The van der Waals surface area contributed by atoms with E-state index in [0.29, 0.717) is 26.9 Å². The molecule has 0 radical (unpaired) electrons. The molecule has 0 unspecified atom stereocenters. The number of hydrogen-bond donors (Lipinski definition) is 2. The second-order valence-corrected chi connectivity index (χ2v) is 10.4. The van der Waals surface area contributed by atoms with Crippen LogP contribution in [0.2, 0.25) is 10.0 Å². The highest BCUT2D eigenvalue weighted by Gasteiger charge is 2.22. The Hall–Kier alpha value is -4.39. The van der Waals surface area contributed by atoms with Gasteiger partial charge in [-0.3, -0.25) is 4.79 Å². The Bertz CT molecular complexity index is 2000. The summed E-state index contributed by atoms with van der Waals surface area (Å²) in [7, 11) is 1.60. The number of ether oxygens (including phenoxy) is 1. The van der Waals surface area contributed by atoms with E-state index < -0.39 is 0 Å². The zero-order chi connectivity index (χ0) is 28.0. The number of carbonyl (C=O) groups excluding carboxylic acids is 1. The number of aromatic amines is 1. The molecule has 0 amide bonds. The number of rotatable bonds is 6. The summed E-state index contributed by atoms with van der Waals surface area (Å²) in [5.74, 6) is 0.213. The van der Waals surface area contributed by atoms with Crippen LogP contribution in [0.5, 0.6) is 11.5 Å². The van der Waals surface area contributed by atoms with Gasteiger partial charge >= 0.3 is 0 Å². The van der Waals surface area contributed by atoms with Crippen molar-refractivity contribution in [2.45, 2.75) is 13.3 Å². The molecule has 0 atom stereocenters. The first kappa shape index (κ1) is 25.9. The number of benzene rings is 5. The molecule has 0 spiro atoms. The molecule has 0 fully saturated rings. The number of aromatic hydroxyl groups is 1. The number of ketones is 1. The van der Waals surface area contributed by atoms with E-state index in [0.717, 1.165) is 38.3 Å². The van der Waals surface area contributed by atoms with Crippen LogP contribution in [0.1, 0.15) is 21.5 Å². The zero-order valence-corrected chi connectivity index (χ0v) is 23.1. The van der Waals surface area contributed by atoms with Gasteiger partial charge in [-0.15, -0.1) is 10.2 Å². The van der Waals surface area contributed by atoms with Gasteiger partial charge in [0.05, 0.1) is 23.2 Å². The third-order valence-corrected chi connectivity index (χ3v) is 7.65. The van der Waals surface area contributed by atoms with E-state index in [4.69, 9.17) is 27.9 Å². The maximum Gasteiger partial charge on any atom is 0.171 e. The van der Waals surface area contributed by atoms with Gasteiger partial charge < -0.3 is 14.8 Å². The minimum absolute atomic E-state index is 0.0975. The first-order valence-corrected chi connectivity index (χ1v) is 13.3. The van der Waals surface area contributed by atoms with Crippen molar-refractivity contribution in [3.63, 3.8) is 0 Å². The van der Waals surface area contributed by atoms with Crippen LogP contribution in [0, 0.1) is 6.92 Å². The number of Topliss-reactive ketones (excluding diaryl/α,β-unsaturated/α-hetero) is 1.